The van der Waals surface area contributed by atoms with E-state index in [1.54, 1.807) is 4.90 Å². The summed E-state index contributed by atoms with van der Waals surface area (Å²) in [7, 11) is 0. The Morgan fingerprint density at radius 1 is 0.917 bits per heavy atom. The molecule has 0 heterocycles. The number of carbonyl (C=O) groups is 2. The van der Waals surface area contributed by atoms with Crippen molar-refractivity contribution in [2.45, 2.75) is 71.0 Å². The zero-order valence-corrected chi connectivity index (χ0v) is 21.9. The summed E-state index contributed by atoms with van der Waals surface area (Å²) < 4.78 is 0. The summed E-state index contributed by atoms with van der Waals surface area (Å²) >= 11 is 6.51. The Balaban J connectivity index is 1.67. The van der Waals surface area contributed by atoms with Crippen LogP contribution in [0.2, 0.25) is 5.02 Å². The van der Waals surface area contributed by atoms with Crippen molar-refractivity contribution in [1.82, 2.24) is 10.2 Å². The van der Waals surface area contributed by atoms with Crippen LogP contribution in [0.4, 0.5) is 0 Å². The van der Waals surface area contributed by atoms with Gasteiger partial charge in [0.2, 0.25) is 11.8 Å². The molecule has 1 aliphatic rings. The fourth-order valence-electron chi connectivity index (χ4n) is 4.92. The molecule has 0 bridgehead atoms. The Hall–Kier alpha value is -3.11. The lowest BCUT2D eigenvalue weighted by Gasteiger charge is -2.32. The summed E-state index contributed by atoms with van der Waals surface area (Å²) in [4.78, 5) is 29.4. The number of carbonyl (C=O) groups excluding carboxylic acids is 2. The SMILES string of the molecule is Cc1ccc(CC(=O)N(Cc2ccccc2Cl)C(Cc2ccccc2)C(=O)NC2CCCC2)cc1C. The molecule has 36 heavy (non-hydrogen) atoms. The van der Waals surface area contributed by atoms with Gasteiger partial charge in [-0.25, -0.2) is 0 Å². The molecule has 0 spiro atoms. The number of nitrogens with zero attached hydrogens (tertiary/aromatic N) is 1. The minimum Gasteiger partial charge on any atom is -0.352 e. The van der Waals surface area contributed by atoms with Gasteiger partial charge in [0.05, 0.1) is 6.42 Å². The van der Waals surface area contributed by atoms with Crippen molar-refractivity contribution >= 4 is 23.4 Å². The third-order valence-electron chi connectivity index (χ3n) is 7.20. The van der Waals surface area contributed by atoms with E-state index < -0.39 is 6.04 Å². The predicted molar refractivity (Wildman–Crippen MR) is 146 cm³/mol. The third-order valence-corrected chi connectivity index (χ3v) is 7.57. The Kier molecular flexibility index (Phi) is 8.82. The summed E-state index contributed by atoms with van der Waals surface area (Å²) in [5, 5.41) is 3.84. The minimum absolute atomic E-state index is 0.0827. The first-order valence-electron chi connectivity index (χ1n) is 12.8. The van der Waals surface area contributed by atoms with Crippen LogP contribution in [0.15, 0.2) is 72.8 Å². The molecule has 3 aromatic rings. The highest BCUT2D eigenvalue weighted by Crippen LogP contribution is 2.23. The van der Waals surface area contributed by atoms with E-state index >= 15 is 0 Å². The fraction of sp³-hybridized carbons (Fsp3) is 0.355. The second kappa shape index (κ2) is 12.2. The van der Waals surface area contributed by atoms with Gasteiger partial charge in [-0.05, 0) is 60.6 Å². The van der Waals surface area contributed by atoms with Crippen LogP contribution in [0.3, 0.4) is 0 Å². The molecule has 1 saturated carbocycles. The highest BCUT2D eigenvalue weighted by Gasteiger charge is 2.32. The molecule has 188 valence electrons. The maximum Gasteiger partial charge on any atom is 0.243 e. The average molecular weight is 503 g/mol. The van der Waals surface area contributed by atoms with E-state index in [0.29, 0.717) is 11.4 Å². The first-order valence-corrected chi connectivity index (χ1v) is 13.2. The average Bonchev–Trinajstić information content (AvgIpc) is 3.38. The first-order chi connectivity index (χ1) is 17.4. The molecule has 0 aromatic heterocycles. The van der Waals surface area contributed by atoms with Gasteiger partial charge in [0.25, 0.3) is 0 Å². The predicted octanol–water partition coefficient (Wildman–Crippen LogP) is 6.20. The standard InChI is InChI=1S/C31H35ClN2O2/c1-22-16-17-25(18-23(22)2)20-30(35)34(21-26-12-6-9-15-28(26)32)29(19-24-10-4-3-5-11-24)31(36)33-27-13-7-8-14-27/h3-6,9-12,15-18,27,29H,7-8,13-14,19-21H2,1-2H3,(H,33,36). The monoisotopic (exact) mass is 502 g/mol. The molecule has 1 aliphatic carbocycles. The molecule has 0 radical (unpaired) electrons. The van der Waals surface area contributed by atoms with Crippen LogP contribution in [0, 0.1) is 13.8 Å². The van der Waals surface area contributed by atoms with Crippen molar-refractivity contribution in [3.63, 3.8) is 0 Å². The molecule has 0 aliphatic heterocycles. The fourth-order valence-corrected chi connectivity index (χ4v) is 5.12. The number of halogens is 1. The molecule has 2 amide bonds. The lowest BCUT2D eigenvalue weighted by Crippen LogP contribution is -2.52. The van der Waals surface area contributed by atoms with Crippen LogP contribution in [0.1, 0.15) is 53.5 Å². The molecule has 4 nitrogen and oxygen atoms in total. The quantitative estimate of drug-likeness (QED) is 0.379. The van der Waals surface area contributed by atoms with Gasteiger partial charge in [-0.1, -0.05) is 91.2 Å². The molecular formula is C31H35ClN2O2. The Morgan fingerprint density at radius 3 is 2.31 bits per heavy atom. The van der Waals surface area contributed by atoms with Gasteiger partial charge in [-0.15, -0.1) is 0 Å². The van der Waals surface area contributed by atoms with Crippen LogP contribution in [-0.4, -0.2) is 28.8 Å². The van der Waals surface area contributed by atoms with Crippen LogP contribution in [0.5, 0.6) is 0 Å². The summed E-state index contributed by atoms with van der Waals surface area (Å²) in [6.07, 6.45) is 4.92. The zero-order chi connectivity index (χ0) is 25.5. The molecule has 1 fully saturated rings. The van der Waals surface area contributed by atoms with Crippen molar-refractivity contribution in [2.75, 3.05) is 0 Å². The van der Waals surface area contributed by atoms with Gasteiger partial charge in [0.1, 0.15) is 6.04 Å². The van der Waals surface area contributed by atoms with Gasteiger partial charge >= 0.3 is 0 Å². The zero-order valence-electron chi connectivity index (χ0n) is 21.2. The second-order valence-electron chi connectivity index (χ2n) is 9.90. The maximum absolute atomic E-state index is 13.9. The van der Waals surface area contributed by atoms with Crippen molar-refractivity contribution in [1.29, 1.82) is 0 Å². The number of rotatable bonds is 9. The van der Waals surface area contributed by atoms with E-state index in [4.69, 9.17) is 11.6 Å². The number of hydrogen-bond donors (Lipinski definition) is 1. The van der Waals surface area contributed by atoms with Gasteiger partial charge in [-0.3, -0.25) is 9.59 Å². The summed E-state index contributed by atoms with van der Waals surface area (Å²) in [5.41, 5.74) is 5.14. The molecular weight excluding hydrogens is 468 g/mol. The van der Waals surface area contributed by atoms with Crippen LogP contribution < -0.4 is 5.32 Å². The van der Waals surface area contributed by atoms with E-state index in [9.17, 15) is 9.59 Å². The number of benzene rings is 3. The minimum atomic E-state index is -0.636. The topological polar surface area (TPSA) is 49.4 Å². The summed E-state index contributed by atoms with van der Waals surface area (Å²) in [5.74, 6) is -0.174. The lowest BCUT2D eigenvalue weighted by atomic mass is 10.00. The van der Waals surface area contributed by atoms with Crippen molar-refractivity contribution in [3.05, 3.63) is 106 Å². The molecule has 0 saturated heterocycles. The molecule has 5 heteroatoms. The highest BCUT2D eigenvalue weighted by molar-refractivity contribution is 6.31. The van der Waals surface area contributed by atoms with E-state index in [1.807, 2.05) is 66.7 Å². The normalized spacial score (nSPS) is 14.4. The second-order valence-corrected chi connectivity index (χ2v) is 10.3. The molecule has 1 unspecified atom stereocenters. The van der Waals surface area contributed by atoms with Crippen LogP contribution in [0.25, 0.3) is 0 Å². The maximum atomic E-state index is 13.9. The lowest BCUT2D eigenvalue weighted by molar-refractivity contribution is -0.141. The number of nitrogens with one attached hydrogen (secondary N) is 1. The molecule has 1 N–H and O–H groups in total. The van der Waals surface area contributed by atoms with Crippen molar-refractivity contribution in [3.8, 4) is 0 Å². The molecule has 4 rings (SSSR count). The number of aryl methyl sites for hydroxylation is 2. The Morgan fingerprint density at radius 2 is 1.61 bits per heavy atom. The van der Waals surface area contributed by atoms with Crippen LogP contribution in [-0.2, 0) is 29.0 Å². The van der Waals surface area contributed by atoms with Gasteiger partial charge in [0.15, 0.2) is 0 Å². The highest BCUT2D eigenvalue weighted by atomic mass is 35.5. The number of amides is 2. The number of hydrogen-bond acceptors (Lipinski definition) is 2. The van der Waals surface area contributed by atoms with E-state index in [-0.39, 0.29) is 30.8 Å². The van der Waals surface area contributed by atoms with Crippen LogP contribution >= 0.6 is 11.6 Å². The third kappa shape index (κ3) is 6.76. The Bertz CT molecular complexity index is 1190. The first kappa shape index (κ1) is 26.0. The van der Waals surface area contributed by atoms with Gasteiger partial charge < -0.3 is 10.2 Å². The van der Waals surface area contributed by atoms with Gasteiger partial charge in [-0.2, -0.15) is 0 Å². The smallest absolute Gasteiger partial charge is 0.243 e. The van der Waals surface area contributed by atoms with E-state index in [1.165, 1.54) is 5.56 Å². The molecule has 3 aromatic carbocycles. The summed E-state index contributed by atoms with van der Waals surface area (Å²) in [6, 6.07) is 23.1. The summed E-state index contributed by atoms with van der Waals surface area (Å²) in [6.45, 7) is 4.39. The largest absolute Gasteiger partial charge is 0.352 e. The van der Waals surface area contributed by atoms with E-state index in [0.717, 1.165) is 47.9 Å². The molecule has 1 atom stereocenters. The van der Waals surface area contributed by atoms with E-state index in [2.05, 4.69) is 25.2 Å². The van der Waals surface area contributed by atoms with Crippen molar-refractivity contribution in [2.24, 2.45) is 0 Å². The Labute approximate surface area is 219 Å². The van der Waals surface area contributed by atoms with Crippen molar-refractivity contribution < 1.29 is 9.59 Å². The van der Waals surface area contributed by atoms with Gasteiger partial charge in [0, 0.05) is 24.0 Å².